The van der Waals surface area contributed by atoms with Gasteiger partial charge >= 0.3 is 0 Å². The van der Waals surface area contributed by atoms with Gasteiger partial charge in [-0.1, -0.05) is 37.5 Å². The van der Waals surface area contributed by atoms with Gasteiger partial charge in [0.1, 0.15) is 0 Å². The maximum absolute atomic E-state index is 13.1. The summed E-state index contributed by atoms with van der Waals surface area (Å²) in [6.07, 6.45) is 5.46. The second-order valence-corrected chi connectivity index (χ2v) is 8.45. The summed E-state index contributed by atoms with van der Waals surface area (Å²) in [6, 6.07) is 8.27. The highest BCUT2D eigenvalue weighted by atomic mass is 32.2. The Kier molecular flexibility index (Phi) is 8.54. The second-order valence-electron chi connectivity index (χ2n) is 6.56. The van der Waals surface area contributed by atoms with Crippen molar-refractivity contribution >= 4 is 15.9 Å². The minimum Gasteiger partial charge on any atom is -0.382 e. The van der Waals surface area contributed by atoms with E-state index in [4.69, 9.17) is 4.74 Å². The van der Waals surface area contributed by atoms with Crippen molar-refractivity contribution in [2.45, 2.75) is 56.4 Å². The number of carbonyl (C=O) groups is 1. The third kappa shape index (κ3) is 6.07. The van der Waals surface area contributed by atoms with E-state index in [-0.39, 0.29) is 23.4 Å². The van der Waals surface area contributed by atoms with Crippen LogP contribution in [0.4, 0.5) is 0 Å². The van der Waals surface area contributed by atoms with Gasteiger partial charge in [0.2, 0.25) is 15.9 Å². The van der Waals surface area contributed by atoms with E-state index in [1.165, 1.54) is 4.31 Å². The van der Waals surface area contributed by atoms with Gasteiger partial charge in [-0.05, 0) is 38.3 Å². The number of hydrogen-bond donors (Lipinski definition) is 1. The van der Waals surface area contributed by atoms with Crippen LogP contribution in [0.3, 0.4) is 0 Å². The van der Waals surface area contributed by atoms with Gasteiger partial charge in [-0.25, -0.2) is 8.42 Å². The number of nitrogens with one attached hydrogen (secondary N) is 1. The molecule has 1 aliphatic carbocycles. The number of sulfonamides is 1. The average Bonchev–Trinajstić information content (AvgIpc) is 2.67. The first-order chi connectivity index (χ1) is 12.6. The van der Waals surface area contributed by atoms with E-state index in [0.29, 0.717) is 26.2 Å². The van der Waals surface area contributed by atoms with Crippen molar-refractivity contribution in [2.75, 3.05) is 26.3 Å². The number of ether oxygens (including phenoxy) is 1. The molecule has 0 heterocycles. The van der Waals surface area contributed by atoms with Crippen molar-refractivity contribution < 1.29 is 17.9 Å². The van der Waals surface area contributed by atoms with Crippen LogP contribution < -0.4 is 5.32 Å². The summed E-state index contributed by atoms with van der Waals surface area (Å²) in [5.74, 6) is -0.258. The van der Waals surface area contributed by atoms with E-state index >= 15 is 0 Å². The van der Waals surface area contributed by atoms with Crippen molar-refractivity contribution in [1.29, 1.82) is 0 Å². The molecule has 1 N–H and O–H groups in total. The molecule has 0 unspecified atom stereocenters. The number of amides is 1. The number of benzene rings is 1. The van der Waals surface area contributed by atoms with Crippen LogP contribution in [0.15, 0.2) is 35.2 Å². The summed E-state index contributed by atoms with van der Waals surface area (Å²) in [5, 5.41) is 2.81. The maximum atomic E-state index is 13.1. The van der Waals surface area contributed by atoms with Gasteiger partial charge in [0.25, 0.3) is 0 Å². The standard InChI is InChI=1S/C19H30N2O4S/c1-2-25-15-9-14-20-19(22)16-21(17-10-5-3-6-11-17)26(23,24)18-12-7-4-8-13-18/h4,7-8,12-13,17H,2-3,5-6,9-11,14-16H2,1H3,(H,20,22). The third-order valence-corrected chi connectivity index (χ3v) is 6.54. The molecule has 0 aliphatic heterocycles. The lowest BCUT2D eigenvalue weighted by Gasteiger charge is -2.33. The van der Waals surface area contributed by atoms with Crippen molar-refractivity contribution in [3.8, 4) is 0 Å². The molecule has 1 aliphatic rings. The van der Waals surface area contributed by atoms with E-state index in [0.717, 1.165) is 32.1 Å². The van der Waals surface area contributed by atoms with E-state index < -0.39 is 10.0 Å². The Bertz CT molecular complexity index is 643. The molecule has 1 fully saturated rings. The SMILES string of the molecule is CCOCCCNC(=O)CN(C1CCCCC1)S(=O)(=O)c1ccccc1. The van der Waals surface area contributed by atoms with E-state index in [9.17, 15) is 13.2 Å². The monoisotopic (exact) mass is 382 g/mol. The highest BCUT2D eigenvalue weighted by molar-refractivity contribution is 7.89. The van der Waals surface area contributed by atoms with Crippen LogP contribution in [0, 0.1) is 0 Å². The van der Waals surface area contributed by atoms with Crippen molar-refractivity contribution in [2.24, 2.45) is 0 Å². The fraction of sp³-hybridized carbons (Fsp3) is 0.632. The average molecular weight is 383 g/mol. The predicted molar refractivity (Wildman–Crippen MR) is 101 cm³/mol. The lowest BCUT2D eigenvalue weighted by molar-refractivity contribution is -0.121. The number of nitrogens with zero attached hydrogens (tertiary/aromatic N) is 1. The third-order valence-electron chi connectivity index (χ3n) is 4.62. The zero-order valence-electron chi connectivity index (χ0n) is 15.5. The normalized spacial score (nSPS) is 15.9. The molecule has 0 spiro atoms. The van der Waals surface area contributed by atoms with Gasteiger partial charge in [0.15, 0.2) is 0 Å². The summed E-state index contributed by atoms with van der Waals surface area (Å²) in [5.41, 5.74) is 0. The highest BCUT2D eigenvalue weighted by Crippen LogP contribution is 2.27. The molecular weight excluding hydrogens is 352 g/mol. The lowest BCUT2D eigenvalue weighted by Crippen LogP contribution is -2.47. The summed E-state index contributed by atoms with van der Waals surface area (Å²) >= 11 is 0. The first kappa shape index (κ1) is 20.9. The van der Waals surface area contributed by atoms with Crippen molar-refractivity contribution in [3.63, 3.8) is 0 Å². The van der Waals surface area contributed by atoms with E-state index in [2.05, 4.69) is 5.32 Å². The number of rotatable bonds is 10. The van der Waals surface area contributed by atoms with Gasteiger partial charge in [-0.15, -0.1) is 0 Å². The van der Waals surface area contributed by atoms with Gasteiger partial charge < -0.3 is 10.1 Å². The van der Waals surface area contributed by atoms with Gasteiger partial charge in [-0.2, -0.15) is 4.31 Å². The fourth-order valence-electron chi connectivity index (χ4n) is 3.25. The maximum Gasteiger partial charge on any atom is 0.243 e. The zero-order valence-corrected chi connectivity index (χ0v) is 16.3. The van der Waals surface area contributed by atoms with Crippen LogP contribution in [-0.2, 0) is 19.6 Å². The van der Waals surface area contributed by atoms with Crippen LogP contribution in [0.25, 0.3) is 0 Å². The molecule has 7 heteroatoms. The Hall–Kier alpha value is -1.44. The molecule has 26 heavy (non-hydrogen) atoms. The predicted octanol–water partition coefficient (Wildman–Crippen LogP) is 2.55. The van der Waals surface area contributed by atoms with Crippen LogP contribution in [0.5, 0.6) is 0 Å². The first-order valence-corrected chi connectivity index (χ1v) is 10.9. The second kappa shape index (κ2) is 10.6. The minimum atomic E-state index is -3.69. The van der Waals surface area contributed by atoms with Gasteiger partial charge in [0.05, 0.1) is 11.4 Å². The Morgan fingerprint density at radius 1 is 1.19 bits per heavy atom. The Morgan fingerprint density at radius 2 is 1.88 bits per heavy atom. The molecule has 0 radical (unpaired) electrons. The van der Waals surface area contributed by atoms with Crippen molar-refractivity contribution in [1.82, 2.24) is 9.62 Å². The van der Waals surface area contributed by atoms with Crippen LogP contribution in [-0.4, -0.2) is 51.0 Å². The van der Waals surface area contributed by atoms with Gasteiger partial charge in [-0.3, -0.25) is 4.79 Å². The topological polar surface area (TPSA) is 75.7 Å². The first-order valence-electron chi connectivity index (χ1n) is 9.47. The molecule has 1 aromatic rings. The van der Waals surface area contributed by atoms with Crippen LogP contribution in [0.1, 0.15) is 45.4 Å². The molecular formula is C19H30N2O4S. The molecule has 1 amide bonds. The largest absolute Gasteiger partial charge is 0.382 e. The molecule has 0 aromatic heterocycles. The van der Waals surface area contributed by atoms with E-state index in [1.807, 2.05) is 6.92 Å². The molecule has 0 bridgehead atoms. The quantitative estimate of drug-likeness (QED) is 0.631. The minimum absolute atomic E-state index is 0.108. The lowest BCUT2D eigenvalue weighted by atomic mass is 9.95. The van der Waals surface area contributed by atoms with Crippen LogP contribution in [0.2, 0.25) is 0 Å². The Morgan fingerprint density at radius 3 is 2.54 bits per heavy atom. The summed E-state index contributed by atoms with van der Waals surface area (Å²) in [7, 11) is -3.69. The highest BCUT2D eigenvalue weighted by Gasteiger charge is 2.33. The summed E-state index contributed by atoms with van der Waals surface area (Å²) < 4.78 is 32.9. The van der Waals surface area contributed by atoms with E-state index in [1.54, 1.807) is 30.3 Å². The molecule has 0 saturated heterocycles. The fourth-order valence-corrected chi connectivity index (χ4v) is 4.91. The number of hydrogen-bond acceptors (Lipinski definition) is 4. The number of carbonyl (C=O) groups excluding carboxylic acids is 1. The Labute approximate surface area is 157 Å². The molecule has 146 valence electrons. The molecule has 2 rings (SSSR count). The Balaban J connectivity index is 2.05. The molecule has 1 saturated carbocycles. The molecule has 0 atom stereocenters. The molecule has 6 nitrogen and oxygen atoms in total. The summed E-state index contributed by atoms with van der Waals surface area (Å²) in [6.45, 7) is 3.53. The zero-order chi connectivity index (χ0) is 18.8. The van der Waals surface area contributed by atoms with Crippen molar-refractivity contribution in [3.05, 3.63) is 30.3 Å². The molecule has 1 aromatic carbocycles. The summed E-state index contributed by atoms with van der Waals surface area (Å²) in [4.78, 5) is 12.6. The van der Waals surface area contributed by atoms with Gasteiger partial charge in [0, 0.05) is 25.8 Å². The smallest absolute Gasteiger partial charge is 0.243 e. The van der Waals surface area contributed by atoms with Crippen LogP contribution >= 0.6 is 0 Å².